The minimum Gasteiger partial charge on any atom is -0.327 e. The lowest BCUT2D eigenvalue weighted by atomic mass is 9.76. The van der Waals surface area contributed by atoms with E-state index in [0.29, 0.717) is 12.0 Å². The van der Waals surface area contributed by atoms with Crippen LogP contribution in [-0.2, 0) is 6.54 Å². The van der Waals surface area contributed by atoms with Crippen molar-refractivity contribution in [1.29, 1.82) is 0 Å². The van der Waals surface area contributed by atoms with E-state index in [4.69, 9.17) is 0 Å². The fraction of sp³-hybridized carbons (Fsp3) is 0.350. The highest BCUT2D eigenvalue weighted by molar-refractivity contribution is 5.75. The van der Waals surface area contributed by atoms with Gasteiger partial charge in [0.05, 0.1) is 11.0 Å². The van der Waals surface area contributed by atoms with Crippen LogP contribution < -0.4 is 5.32 Å². The zero-order valence-electron chi connectivity index (χ0n) is 13.9. The Bertz CT molecular complexity index is 832. The number of nitrogens with zero attached hydrogens (tertiary/aromatic N) is 2. The number of hydrogen-bond donors (Lipinski definition) is 1. The van der Waals surface area contributed by atoms with Gasteiger partial charge < -0.3 is 9.88 Å². The highest BCUT2D eigenvalue weighted by Crippen LogP contribution is 2.36. The summed E-state index contributed by atoms with van der Waals surface area (Å²) in [6.07, 6.45) is 2.27. The third-order valence-electron chi connectivity index (χ3n) is 5.09. The second kappa shape index (κ2) is 6.36. The summed E-state index contributed by atoms with van der Waals surface area (Å²) >= 11 is 0. The van der Waals surface area contributed by atoms with E-state index < -0.39 is 0 Å². The Morgan fingerprint density at radius 1 is 1.12 bits per heavy atom. The molecular weight excluding hydrogens is 301 g/mol. The highest BCUT2D eigenvalue weighted by Gasteiger charge is 2.29. The van der Waals surface area contributed by atoms with Crippen molar-refractivity contribution in [3.63, 3.8) is 0 Å². The standard InChI is InChI=1S/C20H22FN3/c1-14-23-19-4-2-3-5-20(19)24(14)11-10-22-18-12-16(13-18)15-6-8-17(21)9-7-15/h2-9,16,18,22H,10-13H2,1H3. The van der Waals surface area contributed by atoms with Crippen molar-refractivity contribution in [2.45, 2.75) is 38.3 Å². The number of fused-ring (bicyclic) bond motifs is 1. The predicted molar refractivity (Wildman–Crippen MR) is 94.6 cm³/mol. The van der Waals surface area contributed by atoms with E-state index >= 15 is 0 Å². The van der Waals surface area contributed by atoms with Gasteiger partial charge in [0, 0.05) is 19.1 Å². The zero-order chi connectivity index (χ0) is 16.5. The van der Waals surface area contributed by atoms with Crippen molar-refractivity contribution >= 4 is 11.0 Å². The molecule has 24 heavy (non-hydrogen) atoms. The number of nitrogens with one attached hydrogen (secondary N) is 1. The molecule has 0 amide bonds. The molecule has 0 bridgehead atoms. The van der Waals surface area contributed by atoms with Crippen molar-refractivity contribution in [1.82, 2.24) is 14.9 Å². The molecule has 1 aliphatic carbocycles. The molecule has 0 spiro atoms. The number of rotatable bonds is 5. The lowest BCUT2D eigenvalue weighted by Crippen LogP contribution is -2.41. The number of para-hydroxylation sites is 2. The number of halogens is 1. The van der Waals surface area contributed by atoms with Crippen molar-refractivity contribution < 1.29 is 4.39 Å². The Morgan fingerprint density at radius 3 is 2.67 bits per heavy atom. The van der Waals surface area contributed by atoms with Gasteiger partial charge in [-0.15, -0.1) is 0 Å². The third kappa shape index (κ3) is 2.94. The molecule has 1 aliphatic rings. The maximum Gasteiger partial charge on any atom is 0.123 e. The van der Waals surface area contributed by atoms with Crippen LogP contribution in [0.1, 0.15) is 30.1 Å². The normalized spacial score (nSPS) is 20.2. The summed E-state index contributed by atoms with van der Waals surface area (Å²) in [4.78, 5) is 4.61. The van der Waals surface area contributed by atoms with Crippen molar-refractivity contribution in [3.05, 3.63) is 65.7 Å². The van der Waals surface area contributed by atoms with Crippen LogP contribution in [-0.4, -0.2) is 22.1 Å². The molecule has 4 rings (SSSR count). The van der Waals surface area contributed by atoms with Gasteiger partial charge in [-0.25, -0.2) is 9.37 Å². The number of aryl methyl sites for hydroxylation is 1. The SMILES string of the molecule is Cc1nc2ccccc2n1CCNC1CC(c2ccc(F)cc2)C1. The zero-order valence-corrected chi connectivity index (χ0v) is 13.9. The Hall–Kier alpha value is -2.20. The number of imidazole rings is 1. The number of aromatic nitrogens is 2. The maximum absolute atomic E-state index is 13.0. The van der Waals surface area contributed by atoms with E-state index in [9.17, 15) is 4.39 Å². The number of benzene rings is 2. The van der Waals surface area contributed by atoms with Gasteiger partial charge in [-0.2, -0.15) is 0 Å². The van der Waals surface area contributed by atoms with Gasteiger partial charge in [0.15, 0.2) is 0 Å². The fourth-order valence-electron chi connectivity index (χ4n) is 3.65. The molecule has 1 aromatic heterocycles. The van der Waals surface area contributed by atoms with Crippen LogP contribution in [0.2, 0.25) is 0 Å². The molecule has 0 aliphatic heterocycles. The van der Waals surface area contributed by atoms with Crippen LogP contribution in [0.3, 0.4) is 0 Å². The molecule has 124 valence electrons. The maximum atomic E-state index is 13.0. The Kier molecular flexibility index (Phi) is 4.07. The lowest BCUT2D eigenvalue weighted by molar-refractivity contribution is 0.288. The monoisotopic (exact) mass is 323 g/mol. The van der Waals surface area contributed by atoms with E-state index in [1.54, 1.807) is 12.1 Å². The molecule has 0 radical (unpaired) electrons. The van der Waals surface area contributed by atoms with Gasteiger partial charge in [0.25, 0.3) is 0 Å². The van der Waals surface area contributed by atoms with Gasteiger partial charge >= 0.3 is 0 Å². The Labute approximate surface area is 141 Å². The third-order valence-corrected chi connectivity index (χ3v) is 5.09. The minimum absolute atomic E-state index is 0.157. The summed E-state index contributed by atoms with van der Waals surface area (Å²) in [7, 11) is 0. The van der Waals surface area contributed by atoms with E-state index in [0.717, 1.165) is 37.3 Å². The van der Waals surface area contributed by atoms with Crippen LogP contribution in [0.4, 0.5) is 4.39 Å². The first-order valence-corrected chi connectivity index (χ1v) is 8.61. The largest absolute Gasteiger partial charge is 0.327 e. The van der Waals surface area contributed by atoms with Crippen LogP contribution >= 0.6 is 0 Å². The van der Waals surface area contributed by atoms with Gasteiger partial charge in [0.1, 0.15) is 11.6 Å². The summed E-state index contributed by atoms with van der Waals surface area (Å²) in [6.45, 7) is 3.94. The Morgan fingerprint density at radius 2 is 1.88 bits per heavy atom. The van der Waals surface area contributed by atoms with Gasteiger partial charge in [-0.3, -0.25) is 0 Å². The van der Waals surface area contributed by atoms with E-state index in [2.05, 4.69) is 40.0 Å². The summed E-state index contributed by atoms with van der Waals surface area (Å²) in [5.74, 6) is 1.48. The molecule has 0 unspecified atom stereocenters. The highest BCUT2D eigenvalue weighted by atomic mass is 19.1. The number of hydrogen-bond acceptors (Lipinski definition) is 2. The first-order valence-electron chi connectivity index (χ1n) is 8.61. The molecule has 1 fully saturated rings. The van der Waals surface area contributed by atoms with Gasteiger partial charge in [-0.1, -0.05) is 24.3 Å². The van der Waals surface area contributed by atoms with E-state index in [1.165, 1.54) is 11.1 Å². The average Bonchev–Trinajstić information content (AvgIpc) is 2.86. The topological polar surface area (TPSA) is 29.9 Å². The summed E-state index contributed by atoms with van der Waals surface area (Å²) in [6, 6.07) is 15.8. The lowest BCUT2D eigenvalue weighted by Gasteiger charge is -2.36. The second-order valence-corrected chi connectivity index (χ2v) is 6.67. The summed E-state index contributed by atoms with van der Waals surface area (Å²) in [5, 5.41) is 3.64. The molecule has 1 heterocycles. The summed E-state index contributed by atoms with van der Waals surface area (Å²) in [5.41, 5.74) is 3.52. The minimum atomic E-state index is -0.157. The smallest absolute Gasteiger partial charge is 0.123 e. The molecule has 0 saturated heterocycles. The van der Waals surface area contributed by atoms with Crippen molar-refractivity contribution in [3.8, 4) is 0 Å². The average molecular weight is 323 g/mol. The van der Waals surface area contributed by atoms with Crippen LogP contribution in [0.5, 0.6) is 0 Å². The molecule has 3 nitrogen and oxygen atoms in total. The molecule has 4 heteroatoms. The van der Waals surface area contributed by atoms with Gasteiger partial charge in [0.2, 0.25) is 0 Å². The Balaban J connectivity index is 1.29. The van der Waals surface area contributed by atoms with Crippen LogP contribution in [0.15, 0.2) is 48.5 Å². The van der Waals surface area contributed by atoms with E-state index in [1.807, 2.05) is 18.2 Å². The van der Waals surface area contributed by atoms with Crippen molar-refractivity contribution in [2.24, 2.45) is 0 Å². The van der Waals surface area contributed by atoms with Gasteiger partial charge in [-0.05, 0) is 55.5 Å². The quantitative estimate of drug-likeness (QED) is 0.768. The molecule has 2 aromatic carbocycles. The molecule has 1 N–H and O–H groups in total. The first kappa shape index (κ1) is 15.3. The molecule has 0 atom stereocenters. The predicted octanol–water partition coefficient (Wildman–Crippen LogP) is 4.02. The summed E-state index contributed by atoms with van der Waals surface area (Å²) < 4.78 is 15.2. The van der Waals surface area contributed by atoms with Crippen LogP contribution in [0.25, 0.3) is 11.0 Å². The first-order chi connectivity index (χ1) is 11.7. The second-order valence-electron chi connectivity index (χ2n) is 6.67. The molecular formula is C20H22FN3. The van der Waals surface area contributed by atoms with Crippen LogP contribution in [0, 0.1) is 12.7 Å². The molecule has 1 saturated carbocycles. The fourth-order valence-corrected chi connectivity index (χ4v) is 3.65. The molecule has 3 aromatic rings. The van der Waals surface area contributed by atoms with Crippen molar-refractivity contribution in [2.75, 3.05) is 6.54 Å². The van der Waals surface area contributed by atoms with E-state index in [-0.39, 0.29) is 5.82 Å².